The van der Waals surface area contributed by atoms with Crippen LogP contribution in [0.5, 0.6) is 0 Å². The number of nitrogens with one attached hydrogen (secondary N) is 1. The fourth-order valence-corrected chi connectivity index (χ4v) is 6.51. The maximum atomic E-state index is 13.5. The quantitative estimate of drug-likeness (QED) is 0.489. The fraction of sp³-hybridized carbons (Fsp3) is 0.556. The normalized spacial score (nSPS) is 20.7. The van der Waals surface area contributed by atoms with Crippen LogP contribution in [0.2, 0.25) is 0 Å². The lowest BCUT2D eigenvalue weighted by molar-refractivity contribution is 0.102. The highest BCUT2D eigenvalue weighted by molar-refractivity contribution is 7.22. The van der Waals surface area contributed by atoms with Crippen molar-refractivity contribution in [1.29, 1.82) is 0 Å². The zero-order valence-electron chi connectivity index (χ0n) is 21.6. The van der Waals surface area contributed by atoms with Gasteiger partial charge in [-0.1, -0.05) is 17.4 Å². The van der Waals surface area contributed by atoms with Gasteiger partial charge in [0, 0.05) is 45.9 Å². The summed E-state index contributed by atoms with van der Waals surface area (Å²) in [5.41, 5.74) is 1.79. The van der Waals surface area contributed by atoms with Crippen LogP contribution in [-0.2, 0) is 4.74 Å². The Morgan fingerprint density at radius 1 is 1.00 bits per heavy atom. The van der Waals surface area contributed by atoms with Crippen LogP contribution in [-0.4, -0.2) is 85.1 Å². The number of amides is 1. The second-order valence-corrected chi connectivity index (χ2v) is 11.3. The predicted octanol–water partition coefficient (Wildman–Crippen LogP) is 3.37. The summed E-state index contributed by atoms with van der Waals surface area (Å²) in [5, 5.41) is 13.7. The van der Waals surface area contributed by atoms with E-state index in [4.69, 9.17) is 19.7 Å². The predicted molar refractivity (Wildman–Crippen MR) is 151 cm³/mol. The number of anilines is 4. The van der Waals surface area contributed by atoms with Crippen molar-refractivity contribution in [2.75, 3.05) is 79.1 Å². The Balaban J connectivity index is 1.28. The maximum absolute atomic E-state index is 13.5. The summed E-state index contributed by atoms with van der Waals surface area (Å²) >= 11 is 1.60. The highest BCUT2D eigenvalue weighted by Gasteiger charge is 2.24. The zero-order valence-corrected chi connectivity index (χ0v) is 22.5. The van der Waals surface area contributed by atoms with E-state index in [2.05, 4.69) is 20.0 Å². The summed E-state index contributed by atoms with van der Waals surface area (Å²) in [6, 6.07) is 7.59. The molecule has 3 aliphatic rings. The Hall–Kier alpha value is -3.02. The molecule has 10 nitrogen and oxygen atoms in total. The molecule has 1 atom stereocenters. The van der Waals surface area contributed by atoms with Crippen molar-refractivity contribution in [3.05, 3.63) is 30.0 Å². The number of carbonyl (C=O) groups excluding carboxylic acids is 1. The summed E-state index contributed by atoms with van der Waals surface area (Å²) in [5.74, 6) is 1.55. The van der Waals surface area contributed by atoms with E-state index < -0.39 is 0 Å². The van der Waals surface area contributed by atoms with Crippen molar-refractivity contribution >= 4 is 50.0 Å². The van der Waals surface area contributed by atoms with Crippen LogP contribution >= 0.6 is 11.3 Å². The summed E-state index contributed by atoms with van der Waals surface area (Å²) in [6.07, 6.45) is 5.46. The molecule has 2 N–H and O–H groups in total. The molecule has 38 heavy (non-hydrogen) atoms. The number of aromatic nitrogens is 3. The smallest absolute Gasteiger partial charge is 0.274 e. The van der Waals surface area contributed by atoms with E-state index in [0.29, 0.717) is 24.6 Å². The number of rotatable bonds is 6. The van der Waals surface area contributed by atoms with Gasteiger partial charge < -0.3 is 29.9 Å². The van der Waals surface area contributed by atoms with Crippen molar-refractivity contribution < 1.29 is 14.6 Å². The number of carbonyl (C=O) groups is 1. The van der Waals surface area contributed by atoms with E-state index in [9.17, 15) is 9.90 Å². The number of pyridine rings is 2. The number of morpholine rings is 1. The Morgan fingerprint density at radius 2 is 1.82 bits per heavy atom. The van der Waals surface area contributed by atoms with E-state index in [1.165, 1.54) is 6.42 Å². The van der Waals surface area contributed by atoms with Gasteiger partial charge in [-0.05, 0) is 56.2 Å². The largest absolute Gasteiger partial charge is 0.396 e. The Morgan fingerprint density at radius 3 is 2.63 bits per heavy atom. The number of fused-ring (bicyclic) bond motifs is 1. The summed E-state index contributed by atoms with van der Waals surface area (Å²) in [6.45, 7) is 6.68. The average molecular weight is 538 g/mol. The van der Waals surface area contributed by atoms with Crippen molar-refractivity contribution in [2.24, 2.45) is 5.92 Å². The molecule has 0 bridgehead atoms. The van der Waals surface area contributed by atoms with Gasteiger partial charge in [0.15, 0.2) is 16.6 Å². The number of hydrogen-bond donors (Lipinski definition) is 2. The number of ether oxygens (including phenoxy) is 1. The summed E-state index contributed by atoms with van der Waals surface area (Å²) in [7, 11) is 0. The van der Waals surface area contributed by atoms with E-state index in [0.717, 1.165) is 92.1 Å². The monoisotopic (exact) mass is 537 g/mol. The molecule has 3 fully saturated rings. The van der Waals surface area contributed by atoms with Crippen LogP contribution in [0.15, 0.2) is 24.3 Å². The molecule has 6 rings (SSSR count). The topological polar surface area (TPSA) is 107 Å². The minimum atomic E-state index is -0.250. The van der Waals surface area contributed by atoms with Gasteiger partial charge in [-0.25, -0.2) is 9.97 Å². The lowest BCUT2D eigenvalue weighted by Crippen LogP contribution is -2.37. The first kappa shape index (κ1) is 25.3. The number of thiazole rings is 1. The second-order valence-electron chi connectivity index (χ2n) is 10.3. The molecule has 0 aliphatic carbocycles. The first-order chi connectivity index (χ1) is 18.7. The molecule has 0 saturated carbocycles. The number of aliphatic hydroxyl groups excluding tert-OH is 1. The van der Waals surface area contributed by atoms with E-state index >= 15 is 0 Å². The number of aliphatic hydroxyl groups is 1. The second kappa shape index (κ2) is 11.4. The molecular weight excluding hydrogens is 502 g/mol. The van der Waals surface area contributed by atoms with Gasteiger partial charge in [0.25, 0.3) is 5.91 Å². The van der Waals surface area contributed by atoms with Crippen molar-refractivity contribution in [1.82, 2.24) is 15.0 Å². The minimum absolute atomic E-state index is 0.177. The Kier molecular flexibility index (Phi) is 7.57. The van der Waals surface area contributed by atoms with Crippen LogP contribution in [0.4, 0.5) is 22.5 Å². The molecule has 0 radical (unpaired) electrons. The third-order valence-electron chi connectivity index (χ3n) is 7.60. The lowest BCUT2D eigenvalue weighted by Gasteiger charge is -2.32. The average Bonchev–Trinajstić information content (AvgIpc) is 3.41. The first-order valence-corrected chi connectivity index (χ1v) is 14.5. The number of hydrogen-bond acceptors (Lipinski definition) is 10. The van der Waals surface area contributed by atoms with Gasteiger partial charge in [-0.2, -0.15) is 4.98 Å². The molecule has 3 saturated heterocycles. The number of piperidine rings is 2. The van der Waals surface area contributed by atoms with Gasteiger partial charge in [0.05, 0.1) is 23.6 Å². The molecule has 202 valence electrons. The first-order valence-electron chi connectivity index (χ1n) is 13.7. The minimum Gasteiger partial charge on any atom is -0.396 e. The molecular formula is C27H35N7O3S. The molecule has 6 heterocycles. The maximum Gasteiger partial charge on any atom is 0.274 e. The molecule has 3 aromatic rings. The fourth-order valence-electron chi connectivity index (χ4n) is 5.51. The van der Waals surface area contributed by atoms with Crippen molar-refractivity contribution in [2.45, 2.75) is 32.1 Å². The zero-order chi connectivity index (χ0) is 25.9. The van der Waals surface area contributed by atoms with Gasteiger partial charge in [0.2, 0.25) is 0 Å². The third-order valence-corrected chi connectivity index (χ3v) is 8.66. The van der Waals surface area contributed by atoms with Crippen LogP contribution < -0.4 is 20.0 Å². The Bertz CT molecular complexity index is 1270. The molecule has 1 unspecified atom stereocenters. The highest BCUT2D eigenvalue weighted by atomic mass is 32.1. The van der Waals surface area contributed by atoms with Crippen LogP contribution in [0, 0.1) is 5.92 Å². The summed E-state index contributed by atoms with van der Waals surface area (Å²) in [4.78, 5) is 34.7. The molecule has 1 amide bonds. The molecule has 0 spiro atoms. The lowest BCUT2D eigenvalue weighted by atomic mass is 9.99. The van der Waals surface area contributed by atoms with Crippen molar-refractivity contribution in [3.8, 4) is 0 Å². The highest BCUT2D eigenvalue weighted by Crippen LogP contribution is 2.35. The standard InChI is InChI=1S/C27H35N7O3S/c35-18-19-6-5-11-34(17-19)23-8-4-7-20(28-23)26(36)29-21-16-22-24(30-25(21)32-9-2-1-3-10-32)31-27(38-22)33-12-14-37-15-13-33/h4,7-8,16,19,35H,1-3,5-6,9-15,17-18H2,(H,29,36). The van der Waals surface area contributed by atoms with Crippen LogP contribution in [0.1, 0.15) is 42.6 Å². The van der Waals surface area contributed by atoms with Gasteiger partial charge >= 0.3 is 0 Å². The van der Waals surface area contributed by atoms with Crippen LogP contribution in [0.25, 0.3) is 10.3 Å². The van der Waals surface area contributed by atoms with E-state index in [-0.39, 0.29) is 18.4 Å². The molecule has 0 aromatic carbocycles. The SMILES string of the molecule is O=C(Nc1cc2sc(N3CCOCC3)nc2nc1N1CCCCC1)c1cccc(N2CCCC(CO)C2)n1. The summed E-state index contributed by atoms with van der Waals surface area (Å²) < 4.78 is 6.45. The van der Waals surface area contributed by atoms with E-state index in [1.54, 1.807) is 17.4 Å². The van der Waals surface area contributed by atoms with Crippen molar-refractivity contribution in [3.63, 3.8) is 0 Å². The Labute approximate surface area is 226 Å². The molecule has 3 aromatic heterocycles. The van der Waals surface area contributed by atoms with Gasteiger partial charge in [-0.3, -0.25) is 4.79 Å². The molecule has 3 aliphatic heterocycles. The van der Waals surface area contributed by atoms with Gasteiger partial charge in [-0.15, -0.1) is 0 Å². The third kappa shape index (κ3) is 5.41. The van der Waals surface area contributed by atoms with Gasteiger partial charge in [0.1, 0.15) is 11.5 Å². The van der Waals surface area contributed by atoms with Crippen LogP contribution in [0.3, 0.4) is 0 Å². The van der Waals surface area contributed by atoms with E-state index in [1.807, 2.05) is 18.2 Å². The number of nitrogens with zero attached hydrogens (tertiary/aromatic N) is 6. The molecule has 11 heteroatoms.